The van der Waals surface area contributed by atoms with E-state index in [1.807, 2.05) is 26.0 Å². The number of nitrogens with one attached hydrogen (secondary N) is 1. The molecule has 0 unspecified atom stereocenters. The van der Waals surface area contributed by atoms with E-state index in [0.29, 0.717) is 0 Å². The van der Waals surface area contributed by atoms with E-state index >= 15 is 0 Å². The van der Waals surface area contributed by atoms with Crippen molar-refractivity contribution < 1.29 is 9.53 Å². The van der Waals surface area contributed by atoms with Crippen LogP contribution in [-0.2, 0) is 16.1 Å². The second-order valence-electron chi connectivity index (χ2n) is 7.00. The summed E-state index contributed by atoms with van der Waals surface area (Å²) in [5.41, 5.74) is 7.88. The lowest BCUT2D eigenvalue weighted by Crippen LogP contribution is -2.39. The molecule has 3 rings (SSSR count). The van der Waals surface area contributed by atoms with E-state index in [0.717, 1.165) is 50.5 Å². The lowest BCUT2D eigenvalue weighted by molar-refractivity contribution is -0.118. The van der Waals surface area contributed by atoms with Crippen molar-refractivity contribution in [2.45, 2.75) is 26.4 Å². The summed E-state index contributed by atoms with van der Waals surface area (Å²) in [5.74, 6) is -0.0221. The van der Waals surface area contributed by atoms with Gasteiger partial charge in [-0.15, -0.1) is 24.8 Å². The van der Waals surface area contributed by atoms with Crippen LogP contribution in [0.5, 0.6) is 0 Å². The standard InChI is InChI=1S/C19H28N4O2.2ClH/c1-14(2)18(20)19(24)21-16-3-4-17-15(13-16)5-6-23(17)8-7-22-9-11-25-12-10-22;;/h3-6,13-14,18H,7-12,20H2,1-2H3,(H,21,24);2*1H/t18-;;/m0../s1. The summed E-state index contributed by atoms with van der Waals surface area (Å²) in [5, 5.41) is 4.04. The van der Waals surface area contributed by atoms with E-state index < -0.39 is 6.04 Å². The molecule has 1 fully saturated rings. The second-order valence-corrected chi connectivity index (χ2v) is 7.00. The number of benzene rings is 1. The van der Waals surface area contributed by atoms with Crippen molar-refractivity contribution in [1.29, 1.82) is 0 Å². The Morgan fingerprint density at radius 1 is 1.19 bits per heavy atom. The average molecular weight is 417 g/mol. The fraction of sp³-hybridized carbons (Fsp3) is 0.526. The summed E-state index contributed by atoms with van der Waals surface area (Å²) in [6.45, 7) is 9.53. The Morgan fingerprint density at radius 3 is 2.56 bits per heavy atom. The molecule has 8 heteroatoms. The zero-order chi connectivity index (χ0) is 17.8. The van der Waals surface area contributed by atoms with Crippen molar-refractivity contribution in [2.24, 2.45) is 11.7 Å². The number of fused-ring (bicyclic) bond motifs is 1. The number of aromatic nitrogens is 1. The van der Waals surface area contributed by atoms with Gasteiger partial charge < -0.3 is 20.4 Å². The van der Waals surface area contributed by atoms with Crippen LogP contribution in [-0.4, -0.2) is 54.3 Å². The molecule has 0 radical (unpaired) electrons. The van der Waals surface area contributed by atoms with Gasteiger partial charge in [0.25, 0.3) is 0 Å². The fourth-order valence-corrected chi connectivity index (χ4v) is 3.08. The minimum Gasteiger partial charge on any atom is -0.379 e. The van der Waals surface area contributed by atoms with Crippen LogP contribution >= 0.6 is 24.8 Å². The minimum atomic E-state index is -0.492. The van der Waals surface area contributed by atoms with Crippen LogP contribution < -0.4 is 11.1 Å². The number of morpholine rings is 1. The molecular formula is C19H30Cl2N4O2. The maximum atomic E-state index is 12.1. The Hall–Kier alpha value is -1.31. The number of rotatable bonds is 6. The first kappa shape index (κ1) is 23.7. The molecule has 1 aliphatic rings. The van der Waals surface area contributed by atoms with Crippen LogP contribution in [0.4, 0.5) is 5.69 Å². The molecule has 27 heavy (non-hydrogen) atoms. The van der Waals surface area contributed by atoms with Crippen molar-refractivity contribution in [3.05, 3.63) is 30.5 Å². The highest BCUT2D eigenvalue weighted by molar-refractivity contribution is 5.97. The highest BCUT2D eigenvalue weighted by Gasteiger charge is 2.17. The summed E-state index contributed by atoms with van der Waals surface area (Å²) in [7, 11) is 0. The zero-order valence-electron chi connectivity index (χ0n) is 15.9. The number of hydrogen-bond acceptors (Lipinski definition) is 4. The Kier molecular flexibility index (Phi) is 9.56. The van der Waals surface area contributed by atoms with Gasteiger partial charge in [0.05, 0.1) is 19.3 Å². The predicted molar refractivity (Wildman–Crippen MR) is 115 cm³/mol. The van der Waals surface area contributed by atoms with E-state index in [1.165, 1.54) is 5.52 Å². The van der Waals surface area contributed by atoms with Gasteiger partial charge in [0.1, 0.15) is 0 Å². The van der Waals surface area contributed by atoms with E-state index in [2.05, 4.69) is 33.1 Å². The largest absolute Gasteiger partial charge is 0.379 e. The molecule has 1 amide bonds. The quantitative estimate of drug-likeness (QED) is 0.758. The predicted octanol–water partition coefficient (Wildman–Crippen LogP) is 2.74. The Bertz CT molecular complexity index is 730. The highest BCUT2D eigenvalue weighted by Crippen LogP contribution is 2.21. The minimum absolute atomic E-state index is 0. The van der Waals surface area contributed by atoms with Crippen molar-refractivity contribution in [3.8, 4) is 0 Å². The maximum Gasteiger partial charge on any atom is 0.241 e. The Labute approximate surface area is 173 Å². The van der Waals surface area contributed by atoms with Crippen LogP contribution in [0.2, 0.25) is 0 Å². The van der Waals surface area contributed by atoms with Gasteiger partial charge >= 0.3 is 0 Å². The third kappa shape index (κ3) is 6.09. The molecule has 1 atom stereocenters. The number of carbonyl (C=O) groups excluding carboxylic acids is 1. The number of halogens is 2. The number of nitrogens with two attached hydrogens (primary N) is 1. The van der Waals surface area contributed by atoms with E-state index in [4.69, 9.17) is 10.5 Å². The van der Waals surface area contributed by atoms with E-state index in [9.17, 15) is 4.79 Å². The van der Waals surface area contributed by atoms with E-state index in [-0.39, 0.29) is 36.6 Å². The zero-order valence-corrected chi connectivity index (χ0v) is 17.5. The van der Waals surface area contributed by atoms with Crippen LogP contribution in [0.25, 0.3) is 10.9 Å². The van der Waals surface area contributed by atoms with Crippen LogP contribution in [0.1, 0.15) is 13.8 Å². The summed E-state index contributed by atoms with van der Waals surface area (Å²) < 4.78 is 7.65. The highest BCUT2D eigenvalue weighted by atomic mass is 35.5. The molecule has 3 N–H and O–H groups in total. The SMILES string of the molecule is CC(C)[C@H](N)C(=O)Nc1ccc2c(ccn2CCN2CCOCC2)c1.Cl.Cl. The summed E-state index contributed by atoms with van der Waals surface area (Å²) in [6.07, 6.45) is 2.11. The van der Waals surface area contributed by atoms with Gasteiger partial charge in [-0.3, -0.25) is 9.69 Å². The van der Waals surface area contributed by atoms with Crippen LogP contribution in [0.15, 0.2) is 30.5 Å². The van der Waals surface area contributed by atoms with Gasteiger partial charge in [-0.1, -0.05) is 13.8 Å². The van der Waals surface area contributed by atoms with Crippen LogP contribution in [0.3, 0.4) is 0 Å². The second kappa shape index (κ2) is 10.9. The number of carbonyl (C=O) groups is 1. The molecule has 152 valence electrons. The topological polar surface area (TPSA) is 72.5 Å². The molecule has 2 aromatic rings. The number of amides is 1. The number of anilines is 1. The molecule has 6 nitrogen and oxygen atoms in total. The third-order valence-corrected chi connectivity index (χ3v) is 4.82. The lowest BCUT2D eigenvalue weighted by Gasteiger charge is -2.26. The number of hydrogen-bond donors (Lipinski definition) is 2. The summed E-state index contributed by atoms with van der Waals surface area (Å²) >= 11 is 0. The van der Waals surface area contributed by atoms with Gasteiger partial charge in [-0.2, -0.15) is 0 Å². The molecule has 2 heterocycles. The maximum absolute atomic E-state index is 12.1. The van der Waals surface area contributed by atoms with Gasteiger partial charge in [-0.05, 0) is 30.2 Å². The normalized spacial score (nSPS) is 15.9. The monoisotopic (exact) mass is 416 g/mol. The molecular weight excluding hydrogens is 387 g/mol. The lowest BCUT2D eigenvalue weighted by atomic mass is 10.0. The Balaban J connectivity index is 0.00000182. The van der Waals surface area contributed by atoms with Gasteiger partial charge in [0.2, 0.25) is 5.91 Å². The van der Waals surface area contributed by atoms with Crippen LogP contribution in [0, 0.1) is 5.92 Å². The van der Waals surface area contributed by atoms with Gasteiger partial charge in [-0.25, -0.2) is 0 Å². The van der Waals surface area contributed by atoms with Gasteiger partial charge in [0, 0.05) is 49.0 Å². The molecule has 0 bridgehead atoms. The molecule has 1 aromatic heterocycles. The molecule has 0 saturated carbocycles. The Morgan fingerprint density at radius 2 is 1.89 bits per heavy atom. The average Bonchev–Trinajstić information content (AvgIpc) is 3.02. The van der Waals surface area contributed by atoms with Crippen molar-refractivity contribution in [2.75, 3.05) is 38.2 Å². The van der Waals surface area contributed by atoms with Gasteiger partial charge in [0.15, 0.2) is 0 Å². The van der Waals surface area contributed by atoms with Crippen molar-refractivity contribution >= 4 is 47.3 Å². The smallest absolute Gasteiger partial charge is 0.241 e. The first-order chi connectivity index (χ1) is 12.0. The number of ether oxygens (including phenoxy) is 1. The first-order valence-corrected chi connectivity index (χ1v) is 9.00. The molecule has 0 spiro atoms. The molecule has 0 aliphatic carbocycles. The fourth-order valence-electron chi connectivity index (χ4n) is 3.08. The first-order valence-electron chi connectivity index (χ1n) is 9.00. The third-order valence-electron chi connectivity index (χ3n) is 4.82. The molecule has 1 aliphatic heterocycles. The number of nitrogens with zero attached hydrogens (tertiary/aromatic N) is 2. The molecule has 1 saturated heterocycles. The van der Waals surface area contributed by atoms with Crippen molar-refractivity contribution in [3.63, 3.8) is 0 Å². The summed E-state index contributed by atoms with van der Waals surface area (Å²) in [4.78, 5) is 14.5. The van der Waals surface area contributed by atoms with Crippen molar-refractivity contribution in [1.82, 2.24) is 9.47 Å². The summed E-state index contributed by atoms with van der Waals surface area (Å²) in [6, 6.07) is 7.61. The van der Waals surface area contributed by atoms with E-state index in [1.54, 1.807) is 0 Å². The molecule has 1 aromatic carbocycles.